The van der Waals surface area contributed by atoms with Crippen LogP contribution in [0.1, 0.15) is 27.2 Å². The smallest absolute Gasteiger partial charge is 0.184 e. The molecule has 0 saturated heterocycles. The molecule has 1 aromatic carbocycles. The van der Waals surface area contributed by atoms with Crippen molar-refractivity contribution in [2.24, 2.45) is 5.92 Å². The van der Waals surface area contributed by atoms with Gasteiger partial charge >= 0.3 is 0 Å². The highest BCUT2D eigenvalue weighted by molar-refractivity contribution is 7.22. The highest BCUT2D eigenvalue weighted by atomic mass is 35.5. The summed E-state index contributed by atoms with van der Waals surface area (Å²) in [7, 11) is 0. The predicted octanol–water partition coefficient (Wildman–Crippen LogP) is 4.80. The third kappa shape index (κ3) is 2.90. The maximum Gasteiger partial charge on any atom is 0.184 e. The summed E-state index contributed by atoms with van der Waals surface area (Å²) in [6.45, 7) is 6.65. The summed E-state index contributed by atoms with van der Waals surface area (Å²) in [6, 6.07) is 6.32. The lowest BCUT2D eigenvalue weighted by Gasteiger charge is -2.19. The summed E-state index contributed by atoms with van der Waals surface area (Å²) in [4.78, 5) is 4.57. The number of rotatable bonds is 4. The second-order valence-electron chi connectivity index (χ2n) is 4.53. The number of anilines is 1. The monoisotopic (exact) mass is 268 g/mol. The number of fused-ring (bicyclic) bond motifs is 1. The molecule has 0 saturated carbocycles. The minimum atomic E-state index is 0.478. The van der Waals surface area contributed by atoms with E-state index in [1.54, 1.807) is 11.3 Å². The molecular weight excluding hydrogens is 252 g/mol. The fourth-order valence-electron chi connectivity index (χ4n) is 1.86. The van der Waals surface area contributed by atoms with Gasteiger partial charge in [-0.25, -0.2) is 4.98 Å². The Hall–Kier alpha value is -0.800. The molecule has 0 bridgehead atoms. The van der Waals surface area contributed by atoms with Crippen molar-refractivity contribution < 1.29 is 0 Å². The molecule has 0 aliphatic rings. The maximum absolute atomic E-state index is 5.96. The van der Waals surface area contributed by atoms with Crippen LogP contribution in [-0.4, -0.2) is 11.0 Å². The number of benzene rings is 1. The van der Waals surface area contributed by atoms with Crippen molar-refractivity contribution in [3.8, 4) is 0 Å². The lowest BCUT2D eigenvalue weighted by Crippen LogP contribution is -2.24. The Morgan fingerprint density at radius 2 is 2.18 bits per heavy atom. The number of aromatic nitrogens is 1. The molecule has 1 unspecified atom stereocenters. The molecule has 1 atom stereocenters. The molecule has 1 heterocycles. The average Bonchev–Trinajstić information content (AvgIpc) is 2.66. The third-order valence-electron chi connectivity index (χ3n) is 2.90. The normalized spacial score (nSPS) is 13.2. The third-order valence-corrected chi connectivity index (χ3v) is 4.11. The predicted molar refractivity (Wildman–Crippen MR) is 77.2 cm³/mol. The number of thiazole rings is 1. The van der Waals surface area contributed by atoms with Gasteiger partial charge in [0.05, 0.1) is 10.2 Å². The zero-order valence-electron chi connectivity index (χ0n) is 10.3. The van der Waals surface area contributed by atoms with Crippen LogP contribution in [-0.2, 0) is 0 Å². The molecule has 2 rings (SSSR count). The van der Waals surface area contributed by atoms with Crippen molar-refractivity contribution in [3.05, 3.63) is 23.2 Å². The topological polar surface area (TPSA) is 24.9 Å². The molecule has 2 nitrogen and oxygen atoms in total. The van der Waals surface area contributed by atoms with Crippen LogP contribution in [0, 0.1) is 5.92 Å². The van der Waals surface area contributed by atoms with E-state index < -0.39 is 0 Å². The Labute approximate surface area is 111 Å². The SMILES string of the molecule is CCC(Nc1nc2cc(Cl)ccc2s1)C(C)C. The summed E-state index contributed by atoms with van der Waals surface area (Å²) in [5.41, 5.74) is 0.976. The summed E-state index contributed by atoms with van der Waals surface area (Å²) in [6.07, 6.45) is 1.11. The molecule has 0 aliphatic carbocycles. The van der Waals surface area contributed by atoms with Gasteiger partial charge in [0, 0.05) is 11.1 Å². The minimum Gasteiger partial charge on any atom is -0.359 e. The fourth-order valence-corrected chi connectivity index (χ4v) is 2.94. The summed E-state index contributed by atoms with van der Waals surface area (Å²) >= 11 is 7.64. The van der Waals surface area contributed by atoms with E-state index in [1.165, 1.54) is 4.70 Å². The zero-order chi connectivity index (χ0) is 12.4. The van der Waals surface area contributed by atoms with Crippen molar-refractivity contribution in [2.75, 3.05) is 5.32 Å². The van der Waals surface area contributed by atoms with Crippen molar-refractivity contribution in [1.29, 1.82) is 0 Å². The van der Waals surface area contributed by atoms with Crippen LogP contribution in [0.4, 0.5) is 5.13 Å². The number of hydrogen-bond acceptors (Lipinski definition) is 3. The van der Waals surface area contributed by atoms with Gasteiger partial charge in [-0.2, -0.15) is 0 Å². The summed E-state index contributed by atoms with van der Waals surface area (Å²) in [5, 5.41) is 5.23. The van der Waals surface area contributed by atoms with E-state index in [-0.39, 0.29) is 0 Å². The molecule has 2 aromatic rings. The van der Waals surface area contributed by atoms with E-state index in [0.717, 1.165) is 22.1 Å². The molecule has 17 heavy (non-hydrogen) atoms. The molecule has 0 fully saturated rings. The van der Waals surface area contributed by atoms with Crippen LogP contribution < -0.4 is 5.32 Å². The number of nitrogens with one attached hydrogen (secondary N) is 1. The quantitative estimate of drug-likeness (QED) is 0.862. The average molecular weight is 269 g/mol. The highest BCUT2D eigenvalue weighted by Crippen LogP contribution is 2.29. The van der Waals surface area contributed by atoms with Crippen molar-refractivity contribution in [3.63, 3.8) is 0 Å². The summed E-state index contributed by atoms with van der Waals surface area (Å²) in [5.74, 6) is 0.607. The largest absolute Gasteiger partial charge is 0.359 e. The van der Waals surface area contributed by atoms with Gasteiger partial charge < -0.3 is 5.32 Å². The maximum atomic E-state index is 5.96. The molecule has 1 N–H and O–H groups in total. The molecule has 0 radical (unpaired) electrons. The Morgan fingerprint density at radius 1 is 1.41 bits per heavy atom. The van der Waals surface area contributed by atoms with Crippen LogP contribution in [0.2, 0.25) is 5.02 Å². The van der Waals surface area contributed by atoms with Crippen LogP contribution in [0.5, 0.6) is 0 Å². The van der Waals surface area contributed by atoms with E-state index in [1.807, 2.05) is 18.2 Å². The van der Waals surface area contributed by atoms with E-state index in [0.29, 0.717) is 12.0 Å². The standard InChI is InChI=1S/C13H17ClN2S/c1-4-10(8(2)3)15-13-16-11-7-9(14)5-6-12(11)17-13/h5-8,10H,4H2,1-3H3,(H,15,16). The van der Waals surface area contributed by atoms with E-state index in [9.17, 15) is 0 Å². The van der Waals surface area contributed by atoms with Crippen LogP contribution >= 0.6 is 22.9 Å². The molecule has 0 spiro atoms. The van der Waals surface area contributed by atoms with Gasteiger partial charge in [0.25, 0.3) is 0 Å². The number of nitrogens with zero attached hydrogens (tertiary/aromatic N) is 1. The van der Waals surface area contributed by atoms with Gasteiger partial charge in [-0.1, -0.05) is 43.7 Å². The lowest BCUT2D eigenvalue weighted by atomic mass is 10.0. The van der Waals surface area contributed by atoms with E-state index in [2.05, 4.69) is 31.1 Å². The molecule has 92 valence electrons. The van der Waals surface area contributed by atoms with Gasteiger partial charge in [0.15, 0.2) is 5.13 Å². The zero-order valence-corrected chi connectivity index (χ0v) is 11.9. The van der Waals surface area contributed by atoms with Gasteiger partial charge in [-0.3, -0.25) is 0 Å². The molecule has 1 aromatic heterocycles. The first-order valence-electron chi connectivity index (χ1n) is 5.92. The van der Waals surface area contributed by atoms with Crippen molar-refractivity contribution in [2.45, 2.75) is 33.2 Å². The minimum absolute atomic E-state index is 0.478. The van der Waals surface area contributed by atoms with Crippen molar-refractivity contribution >= 4 is 38.3 Å². The highest BCUT2D eigenvalue weighted by Gasteiger charge is 2.13. The Bertz CT molecular complexity index is 507. The fraction of sp³-hybridized carbons (Fsp3) is 0.462. The second kappa shape index (κ2) is 5.23. The first-order chi connectivity index (χ1) is 8.10. The van der Waals surface area contributed by atoms with Gasteiger partial charge in [0.1, 0.15) is 0 Å². The van der Waals surface area contributed by atoms with Crippen LogP contribution in [0.25, 0.3) is 10.2 Å². The number of hydrogen-bond donors (Lipinski definition) is 1. The van der Waals surface area contributed by atoms with E-state index in [4.69, 9.17) is 11.6 Å². The first-order valence-corrected chi connectivity index (χ1v) is 7.12. The summed E-state index contributed by atoms with van der Waals surface area (Å²) < 4.78 is 1.18. The number of halogens is 1. The Kier molecular flexibility index (Phi) is 3.89. The van der Waals surface area contributed by atoms with E-state index >= 15 is 0 Å². The lowest BCUT2D eigenvalue weighted by molar-refractivity contribution is 0.511. The van der Waals surface area contributed by atoms with Gasteiger partial charge in [-0.05, 0) is 30.5 Å². The Balaban J connectivity index is 2.24. The van der Waals surface area contributed by atoms with Crippen molar-refractivity contribution in [1.82, 2.24) is 4.98 Å². The molecule has 4 heteroatoms. The van der Waals surface area contributed by atoms with Crippen LogP contribution in [0.15, 0.2) is 18.2 Å². The Morgan fingerprint density at radius 3 is 2.82 bits per heavy atom. The second-order valence-corrected chi connectivity index (χ2v) is 6.00. The van der Waals surface area contributed by atoms with Gasteiger partial charge in [-0.15, -0.1) is 0 Å². The molecule has 0 amide bonds. The first kappa shape index (κ1) is 12.7. The van der Waals surface area contributed by atoms with Gasteiger partial charge in [0.2, 0.25) is 0 Å². The van der Waals surface area contributed by atoms with Crippen LogP contribution in [0.3, 0.4) is 0 Å². The molecular formula is C13H17ClN2S. The molecule has 0 aliphatic heterocycles.